The monoisotopic (exact) mass is 385 g/mol. The molecule has 1 atom stereocenters. The van der Waals surface area contributed by atoms with E-state index in [1.165, 1.54) is 5.56 Å². The maximum atomic E-state index is 4.57. The number of hydrogen-bond acceptors (Lipinski definition) is 6. The van der Waals surface area contributed by atoms with Gasteiger partial charge in [-0.25, -0.2) is 4.52 Å². The van der Waals surface area contributed by atoms with Gasteiger partial charge in [0.2, 0.25) is 0 Å². The highest BCUT2D eigenvalue weighted by Crippen LogP contribution is 2.28. The highest BCUT2D eigenvalue weighted by Gasteiger charge is 2.29. The van der Waals surface area contributed by atoms with Gasteiger partial charge < -0.3 is 0 Å². The van der Waals surface area contributed by atoms with E-state index in [0.717, 1.165) is 48.5 Å². The average molecular weight is 385 g/mol. The van der Waals surface area contributed by atoms with Crippen LogP contribution in [0.3, 0.4) is 0 Å². The van der Waals surface area contributed by atoms with Crippen molar-refractivity contribution >= 4 is 5.52 Å². The Morgan fingerprint density at radius 3 is 2.69 bits per heavy atom. The first-order valence-corrected chi connectivity index (χ1v) is 9.85. The first-order chi connectivity index (χ1) is 14.3. The molecule has 0 spiro atoms. The molecule has 0 aliphatic carbocycles. The first kappa shape index (κ1) is 17.9. The van der Waals surface area contributed by atoms with E-state index in [1.54, 1.807) is 12.4 Å². The number of rotatable bonds is 4. The molecular weight excluding hydrogens is 362 g/mol. The summed E-state index contributed by atoms with van der Waals surface area (Å²) >= 11 is 0. The van der Waals surface area contributed by atoms with Crippen LogP contribution in [0.25, 0.3) is 16.6 Å². The van der Waals surface area contributed by atoms with Crippen molar-refractivity contribution in [1.29, 1.82) is 0 Å². The lowest BCUT2D eigenvalue weighted by molar-refractivity contribution is 0.0889. The molecule has 1 aliphatic heterocycles. The minimum Gasteiger partial charge on any atom is -0.296 e. The van der Waals surface area contributed by atoms with E-state index >= 15 is 0 Å². The minimum absolute atomic E-state index is 0.213. The SMILES string of the molecule is CN1CCN(Cc2cccnc2)CC1c1nnn2cc(-c3ccncc3)ccc12. The van der Waals surface area contributed by atoms with Crippen molar-refractivity contribution in [3.8, 4) is 11.1 Å². The molecule has 4 aromatic heterocycles. The normalized spacial score (nSPS) is 18.3. The molecule has 7 heteroatoms. The van der Waals surface area contributed by atoms with E-state index in [0.29, 0.717) is 0 Å². The van der Waals surface area contributed by atoms with Crippen LogP contribution in [-0.2, 0) is 6.54 Å². The summed E-state index contributed by atoms with van der Waals surface area (Å²) in [6.45, 7) is 3.86. The second-order valence-corrected chi connectivity index (χ2v) is 7.55. The summed E-state index contributed by atoms with van der Waals surface area (Å²) < 4.78 is 1.89. The molecule has 0 N–H and O–H groups in total. The molecule has 4 aromatic rings. The van der Waals surface area contributed by atoms with Gasteiger partial charge in [-0.1, -0.05) is 17.3 Å². The molecule has 0 saturated carbocycles. The van der Waals surface area contributed by atoms with E-state index in [2.05, 4.69) is 55.3 Å². The van der Waals surface area contributed by atoms with E-state index in [1.807, 2.05) is 41.3 Å². The summed E-state index contributed by atoms with van der Waals surface area (Å²) in [7, 11) is 2.17. The average Bonchev–Trinajstić information content (AvgIpc) is 3.19. The Morgan fingerprint density at radius 2 is 1.86 bits per heavy atom. The molecule has 0 aromatic carbocycles. The fraction of sp³-hybridized carbons (Fsp3) is 0.273. The second kappa shape index (κ2) is 7.69. The summed E-state index contributed by atoms with van der Waals surface area (Å²) in [6, 6.07) is 12.6. The molecular formula is C22H23N7. The standard InChI is InChI=1S/C22H23N7/c1-27-11-12-28(14-17-3-2-8-24-13-17)16-21(27)22-20-5-4-19(15-29(20)26-25-22)18-6-9-23-10-7-18/h2-10,13,15,21H,11-12,14,16H2,1H3. The molecule has 0 bridgehead atoms. The minimum atomic E-state index is 0.213. The predicted octanol–water partition coefficient (Wildman–Crippen LogP) is 2.68. The molecule has 0 radical (unpaired) electrons. The Labute approximate surface area is 169 Å². The lowest BCUT2D eigenvalue weighted by Gasteiger charge is -2.38. The summed E-state index contributed by atoms with van der Waals surface area (Å²) in [6.07, 6.45) is 9.42. The fourth-order valence-corrected chi connectivity index (χ4v) is 3.99. The van der Waals surface area contributed by atoms with Crippen LogP contribution >= 0.6 is 0 Å². The smallest absolute Gasteiger partial charge is 0.109 e. The largest absolute Gasteiger partial charge is 0.296 e. The highest BCUT2D eigenvalue weighted by atomic mass is 15.4. The van der Waals surface area contributed by atoms with E-state index in [9.17, 15) is 0 Å². The van der Waals surface area contributed by atoms with Crippen molar-refractivity contribution in [3.63, 3.8) is 0 Å². The van der Waals surface area contributed by atoms with Crippen LogP contribution in [0.5, 0.6) is 0 Å². The van der Waals surface area contributed by atoms with Gasteiger partial charge in [-0.2, -0.15) is 0 Å². The van der Waals surface area contributed by atoms with Crippen LogP contribution in [0.2, 0.25) is 0 Å². The number of piperazine rings is 1. The molecule has 5 heterocycles. The van der Waals surface area contributed by atoms with Gasteiger partial charge in [-0.05, 0) is 42.4 Å². The number of hydrogen-bond donors (Lipinski definition) is 0. The van der Waals surface area contributed by atoms with Crippen molar-refractivity contribution in [3.05, 3.63) is 78.6 Å². The zero-order valence-electron chi connectivity index (χ0n) is 16.4. The molecule has 1 fully saturated rings. The van der Waals surface area contributed by atoms with Crippen molar-refractivity contribution in [2.45, 2.75) is 12.6 Å². The Hall–Kier alpha value is -3.16. The van der Waals surface area contributed by atoms with Gasteiger partial charge >= 0.3 is 0 Å². The number of nitrogens with zero attached hydrogens (tertiary/aromatic N) is 7. The lowest BCUT2D eigenvalue weighted by atomic mass is 10.1. The third-order valence-electron chi connectivity index (χ3n) is 5.63. The number of likely N-dealkylation sites (N-methyl/N-ethyl adjacent to an activating group) is 1. The maximum absolute atomic E-state index is 4.57. The summed E-state index contributed by atoms with van der Waals surface area (Å²) in [5.41, 5.74) is 5.56. The number of pyridine rings is 3. The second-order valence-electron chi connectivity index (χ2n) is 7.55. The molecule has 0 amide bonds. The first-order valence-electron chi connectivity index (χ1n) is 9.85. The third-order valence-corrected chi connectivity index (χ3v) is 5.63. The van der Waals surface area contributed by atoms with Crippen LogP contribution in [0.1, 0.15) is 17.3 Å². The molecule has 1 unspecified atom stereocenters. The summed E-state index contributed by atoms with van der Waals surface area (Å²) in [4.78, 5) is 13.2. The van der Waals surface area contributed by atoms with Crippen LogP contribution in [-0.4, -0.2) is 61.3 Å². The highest BCUT2D eigenvalue weighted by molar-refractivity contribution is 5.65. The van der Waals surface area contributed by atoms with E-state index < -0.39 is 0 Å². The van der Waals surface area contributed by atoms with Gasteiger partial charge in [-0.3, -0.25) is 19.8 Å². The van der Waals surface area contributed by atoms with E-state index in [-0.39, 0.29) is 6.04 Å². The lowest BCUT2D eigenvalue weighted by Crippen LogP contribution is -2.46. The molecule has 1 saturated heterocycles. The Morgan fingerprint density at radius 1 is 0.966 bits per heavy atom. The molecule has 1 aliphatic rings. The van der Waals surface area contributed by atoms with Gasteiger partial charge in [0, 0.05) is 62.7 Å². The zero-order valence-corrected chi connectivity index (χ0v) is 16.4. The van der Waals surface area contributed by atoms with Crippen LogP contribution in [0.15, 0.2) is 67.4 Å². The van der Waals surface area contributed by atoms with Crippen molar-refractivity contribution < 1.29 is 0 Å². The Kier molecular flexibility index (Phi) is 4.75. The number of aromatic nitrogens is 5. The summed E-state index contributed by atoms with van der Waals surface area (Å²) in [5, 5.41) is 8.98. The molecule has 146 valence electrons. The van der Waals surface area contributed by atoms with Crippen LogP contribution < -0.4 is 0 Å². The number of fused-ring (bicyclic) bond motifs is 1. The van der Waals surface area contributed by atoms with Crippen molar-refractivity contribution in [2.24, 2.45) is 0 Å². The van der Waals surface area contributed by atoms with Gasteiger partial charge in [-0.15, -0.1) is 5.10 Å². The fourth-order valence-electron chi connectivity index (χ4n) is 3.99. The Bertz CT molecular complexity index is 1090. The predicted molar refractivity (Wildman–Crippen MR) is 111 cm³/mol. The van der Waals surface area contributed by atoms with Crippen LogP contribution in [0, 0.1) is 0 Å². The topological polar surface area (TPSA) is 62.5 Å². The Balaban J connectivity index is 1.41. The summed E-state index contributed by atoms with van der Waals surface area (Å²) in [5.74, 6) is 0. The van der Waals surface area contributed by atoms with Gasteiger partial charge in [0.15, 0.2) is 0 Å². The third kappa shape index (κ3) is 3.62. The van der Waals surface area contributed by atoms with Crippen molar-refractivity contribution in [2.75, 3.05) is 26.7 Å². The van der Waals surface area contributed by atoms with Gasteiger partial charge in [0.05, 0.1) is 11.6 Å². The van der Waals surface area contributed by atoms with E-state index in [4.69, 9.17) is 0 Å². The van der Waals surface area contributed by atoms with Gasteiger partial charge in [0.1, 0.15) is 5.69 Å². The zero-order chi connectivity index (χ0) is 19.6. The maximum Gasteiger partial charge on any atom is 0.109 e. The quantitative estimate of drug-likeness (QED) is 0.538. The van der Waals surface area contributed by atoms with Crippen LogP contribution in [0.4, 0.5) is 0 Å². The van der Waals surface area contributed by atoms with Crippen molar-refractivity contribution in [1.82, 2.24) is 34.6 Å². The van der Waals surface area contributed by atoms with Gasteiger partial charge in [0.25, 0.3) is 0 Å². The molecule has 7 nitrogen and oxygen atoms in total. The molecule has 29 heavy (non-hydrogen) atoms. The molecule has 5 rings (SSSR count).